The number of benzene rings is 1. The van der Waals surface area contributed by atoms with E-state index in [0.717, 1.165) is 5.56 Å². The van der Waals surface area contributed by atoms with E-state index < -0.39 is 0 Å². The van der Waals surface area contributed by atoms with Gasteiger partial charge < -0.3 is 9.47 Å². The van der Waals surface area contributed by atoms with Gasteiger partial charge in [0.2, 0.25) is 0 Å². The third-order valence-electron chi connectivity index (χ3n) is 1.93. The van der Waals surface area contributed by atoms with Gasteiger partial charge in [0.1, 0.15) is 19.5 Å². The lowest BCUT2D eigenvalue weighted by Gasteiger charge is -2.15. The molecule has 0 radical (unpaired) electrons. The highest BCUT2D eigenvalue weighted by atomic mass is 16.6. The fourth-order valence-corrected chi connectivity index (χ4v) is 1.26. The standard InChI is InChI=1S/C11H9NO2/c12-7-9-2-1-3-10(6-9)11-8-13-4-5-14-11/h1-3,6,8H,4-5H2. The van der Waals surface area contributed by atoms with Crippen molar-refractivity contribution in [2.45, 2.75) is 0 Å². The van der Waals surface area contributed by atoms with Gasteiger partial charge in [-0.25, -0.2) is 0 Å². The minimum atomic E-state index is 0.558. The lowest BCUT2D eigenvalue weighted by Crippen LogP contribution is -2.07. The Kier molecular flexibility index (Phi) is 2.37. The molecule has 0 spiro atoms. The quantitative estimate of drug-likeness (QED) is 0.674. The van der Waals surface area contributed by atoms with Crippen LogP contribution in [0.5, 0.6) is 0 Å². The highest BCUT2D eigenvalue weighted by molar-refractivity contribution is 5.60. The summed E-state index contributed by atoms with van der Waals surface area (Å²) in [6.45, 7) is 1.14. The molecule has 2 rings (SSSR count). The van der Waals surface area contributed by atoms with Crippen molar-refractivity contribution in [3.8, 4) is 6.07 Å². The molecule has 0 saturated heterocycles. The molecule has 0 N–H and O–H groups in total. The molecule has 0 atom stereocenters. The summed E-state index contributed by atoms with van der Waals surface area (Å²) in [5.41, 5.74) is 1.50. The largest absolute Gasteiger partial charge is 0.494 e. The first-order valence-electron chi connectivity index (χ1n) is 4.35. The van der Waals surface area contributed by atoms with Crippen LogP contribution in [-0.2, 0) is 9.47 Å². The van der Waals surface area contributed by atoms with Crippen molar-refractivity contribution >= 4 is 5.76 Å². The zero-order chi connectivity index (χ0) is 9.80. The molecule has 70 valence electrons. The molecule has 0 fully saturated rings. The van der Waals surface area contributed by atoms with E-state index >= 15 is 0 Å². The van der Waals surface area contributed by atoms with E-state index in [2.05, 4.69) is 6.07 Å². The molecule has 1 aliphatic rings. The number of hydrogen-bond donors (Lipinski definition) is 0. The number of nitrogens with zero attached hydrogens (tertiary/aromatic N) is 1. The summed E-state index contributed by atoms with van der Waals surface area (Å²) in [7, 11) is 0. The van der Waals surface area contributed by atoms with Crippen LogP contribution in [-0.4, -0.2) is 13.2 Å². The van der Waals surface area contributed by atoms with E-state index in [4.69, 9.17) is 14.7 Å². The maximum Gasteiger partial charge on any atom is 0.161 e. The Balaban J connectivity index is 2.32. The summed E-state index contributed by atoms with van der Waals surface area (Å²) >= 11 is 0. The second kappa shape index (κ2) is 3.84. The van der Waals surface area contributed by atoms with Crippen LogP contribution in [0.15, 0.2) is 30.5 Å². The molecule has 1 aromatic carbocycles. The smallest absolute Gasteiger partial charge is 0.161 e. The van der Waals surface area contributed by atoms with Crippen molar-refractivity contribution in [3.63, 3.8) is 0 Å². The molecule has 0 aliphatic carbocycles. The first-order chi connectivity index (χ1) is 6.90. The van der Waals surface area contributed by atoms with Gasteiger partial charge in [-0.3, -0.25) is 0 Å². The fraction of sp³-hybridized carbons (Fsp3) is 0.182. The third-order valence-corrected chi connectivity index (χ3v) is 1.93. The summed E-state index contributed by atoms with van der Waals surface area (Å²) in [4.78, 5) is 0. The first-order valence-corrected chi connectivity index (χ1v) is 4.35. The molecule has 0 saturated carbocycles. The van der Waals surface area contributed by atoms with Crippen LogP contribution in [0.25, 0.3) is 5.76 Å². The Morgan fingerprint density at radius 2 is 2.21 bits per heavy atom. The molecule has 14 heavy (non-hydrogen) atoms. The Bertz CT molecular complexity index is 404. The fourth-order valence-electron chi connectivity index (χ4n) is 1.26. The zero-order valence-electron chi connectivity index (χ0n) is 7.56. The van der Waals surface area contributed by atoms with Gasteiger partial charge in [-0.05, 0) is 12.1 Å². The topological polar surface area (TPSA) is 42.2 Å². The minimum Gasteiger partial charge on any atom is -0.494 e. The highest BCUT2D eigenvalue weighted by Gasteiger charge is 2.08. The normalized spacial score (nSPS) is 14.6. The van der Waals surface area contributed by atoms with Gasteiger partial charge in [0, 0.05) is 5.56 Å². The Morgan fingerprint density at radius 1 is 1.29 bits per heavy atom. The second-order valence-electron chi connectivity index (χ2n) is 2.89. The van der Waals surface area contributed by atoms with E-state index in [0.29, 0.717) is 24.5 Å². The minimum absolute atomic E-state index is 0.558. The number of nitriles is 1. The molecule has 3 nitrogen and oxygen atoms in total. The Labute approximate surface area is 82.2 Å². The SMILES string of the molecule is N#Cc1cccc(C2=COCCO2)c1. The van der Waals surface area contributed by atoms with Crippen molar-refractivity contribution in [1.29, 1.82) is 5.26 Å². The van der Waals surface area contributed by atoms with Crippen LogP contribution < -0.4 is 0 Å². The number of rotatable bonds is 1. The molecule has 0 amide bonds. The van der Waals surface area contributed by atoms with Crippen LogP contribution in [0.3, 0.4) is 0 Å². The zero-order valence-corrected chi connectivity index (χ0v) is 7.56. The second-order valence-corrected chi connectivity index (χ2v) is 2.89. The Hall–Kier alpha value is -1.95. The predicted molar refractivity (Wildman–Crippen MR) is 51.0 cm³/mol. The maximum absolute atomic E-state index is 8.72. The van der Waals surface area contributed by atoms with E-state index in [1.54, 1.807) is 18.4 Å². The van der Waals surface area contributed by atoms with Crippen molar-refractivity contribution < 1.29 is 9.47 Å². The summed E-state index contributed by atoms with van der Waals surface area (Å²) < 4.78 is 10.5. The van der Waals surface area contributed by atoms with E-state index in [1.165, 1.54) is 0 Å². The molecule has 3 heteroatoms. The van der Waals surface area contributed by atoms with Crippen LogP contribution in [0.1, 0.15) is 11.1 Å². The van der Waals surface area contributed by atoms with Crippen molar-refractivity contribution in [2.75, 3.05) is 13.2 Å². The van der Waals surface area contributed by atoms with Crippen LogP contribution >= 0.6 is 0 Å². The predicted octanol–water partition coefficient (Wildman–Crippen LogP) is 1.90. The van der Waals surface area contributed by atoms with Crippen LogP contribution in [0, 0.1) is 11.3 Å². The van der Waals surface area contributed by atoms with Crippen LogP contribution in [0.4, 0.5) is 0 Å². The van der Waals surface area contributed by atoms with Gasteiger partial charge >= 0.3 is 0 Å². The lowest BCUT2D eigenvalue weighted by atomic mass is 10.1. The van der Waals surface area contributed by atoms with Gasteiger partial charge in [-0.15, -0.1) is 0 Å². The van der Waals surface area contributed by atoms with Gasteiger partial charge in [-0.1, -0.05) is 12.1 Å². The summed E-state index contributed by atoms with van der Waals surface area (Å²) in [5.74, 6) is 0.688. The Morgan fingerprint density at radius 3 is 2.93 bits per heavy atom. The lowest BCUT2D eigenvalue weighted by molar-refractivity contribution is 0.125. The number of ether oxygens (including phenoxy) is 2. The van der Waals surface area contributed by atoms with E-state index in [9.17, 15) is 0 Å². The summed E-state index contributed by atoms with van der Waals surface area (Å²) in [6.07, 6.45) is 1.58. The molecular weight excluding hydrogens is 178 g/mol. The van der Waals surface area contributed by atoms with Crippen LogP contribution in [0.2, 0.25) is 0 Å². The molecule has 0 bridgehead atoms. The highest BCUT2D eigenvalue weighted by Crippen LogP contribution is 2.19. The van der Waals surface area contributed by atoms with Gasteiger partial charge in [0.05, 0.1) is 11.6 Å². The molecule has 1 aliphatic heterocycles. The monoisotopic (exact) mass is 187 g/mol. The van der Waals surface area contributed by atoms with E-state index in [1.807, 2.05) is 12.1 Å². The third kappa shape index (κ3) is 1.69. The van der Waals surface area contributed by atoms with Crippen molar-refractivity contribution in [1.82, 2.24) is 0 Å². The number of hydrogen-bond acceptors (Lipinski definition) is 3. The van der Waals surface area contributed by atoms with Crippen molar-refractivity contribution in [3.05, 3.63) is 41.7 Å². The molecule has 0 unspecified atom stereocenters. The first kappa shape index (κ1) is 8.64. The molecular formula is C11H9NO2. The average molecular weight is 187 g/mol. The molecule has 0 aromatic heterocycles. The van der Waals surface area contributed by atoms with Gasteiger partial charge in [0.25, 0.3) is 0 Å². The summed E-state index contributed by atoms with van der Waals surface area (Å²) in [5, 5.41) is 8.72. The van der Waals surface area contributed by atoms with Crippen molar-refractivity contribution in [2.24, 2.45) is 0 Å². The summed E-state index contributed by atoms with van der Waals surface area (Å²) in [6, 6.07) is 9.34. The maximum atomic E-state index is 8.72. The van der Waals surface area contributed by atoms with Gasteiger partial charge in [0.15, 0.2) is 5.76 Å². The van der Waals surface area contributed by atoms with Gasteiger partial charge in [-0.2, -0.15) is 5.26 Å². The molecule has 1 aromatic rings. The average Bonchev–Trinajstić information content (AvgIpc) is 2.30. The van der Waals surface area contributed by atoms with E-state index in [-0.39, 0.29) is 0 Å². The molecule has 1 heterocycles.